The Bertz CT molecular complexity index is 288. The van der Waals surface area contributed by atoms with Gasteiger partial charge in [0.15, 0.2) is 0 Å². The molecule has 0 rings (SSSR count). The van der Waals surface area contributed by atoms with E-state index in [9.17, 15) is 4.79 Å². The van der Waals surface area contributed by atoms with Gasteiger partial charge >= 0.3 is 0 Å². The second kappa shape index (κ2) is 18.6. The number of rotatable bonds is 18. The van der Waals surface area contributed by atoms with Crippen LogP contribution in [-0.2, 0) is 23.7 Å². The average molecular weight is 353 g/mol. The Morgan fingerprint density at radius 3 is 2.00 bits per heavy atom. The molecule has 0 heterocycles. The first-order valence-corrected chi connectivity index (χ1v) is 8.97. The maximum Gasteiger partial charge on any atom is 0.245 e. The number of hydrogen-bond donors (Lipinski definition) is 2. The molecule has 24 heavy (non-hydrogen) atoms. The van der Waals surface area contributed by atoms with E-state index in [2.05, 4.69) is 24.5 Å². The molecule has 1 amide bonds. The van der Waals surface area contributed by atoms with E-state index in [4.69, 9.17) is 18.9 Å². The van der Waals surface area contributed by atoms with Crippen LogP contribution >= 0.6 is 0 Å². The Morgan fingerprint density at radius 2 is 1.42 bits per heavy atom. The first kappa shape index (κ1) is 23.3. The summed E-state index contributed by atoms with van der Waals surface area (Å²) in [5, 5.41) is 6.18. The van der Waals surface area contributed by atoms with Gasteiger partial charge in [0.2, 0.25) is 5.91 Å². The van der Waals surface area contributed by atoms with Gasteiger partial charge in [0, 0.05) is 22.0 Å². The number of ether oxygens (including phenoxy) is 4. The zero-order valence-corrected chi connectivity index (χ0v) is 15.6. The molecule has 0 bridgehead atoms. The maximum absolute atomic E-state index is 11.5. The molecule has 0 atom stereocenters. The molecule has 0 saturated carbocycles. The van der Waals surface area contributed by atoms with Crippen molar-refractivity contribution in [1.82, 2.24) is 10.6 Å². The van der Waals surface area contributed by atoms with E-state index in [1.54, 1.807) is 0 Å². The molecule has 0 aliphatic carbocycles. The van der Waals surface area contributed by atoms with E-state index in [0.29, 0.717) is 58.8 Å². The highest BCUT2D eigenvalue weighted by Gasteiger charge is 2.00. The summed E-state index contributed by atoms with van der Waals surface area (Å²) < 4.78 is 21.0. The van der Waals surface area contributed by atoms with Gasteiger partial charge in [0.1, 0.15) is 6.61 Å². The van der Waals surface area contributed by atoms with Crippen LogP contribution in [0.5, 0.6) is 0 Å². The van der Waals surface area contributed by atoms with Crippen molar-refractivity contribution in [2.75, 3.05) is 65.9 Å². The molecule has 7 heteroatoms. The van der Waals surface area contributed by atoms with Crippen molar-refractivity contribution in [2.24, 2.45) is 0 Å². The van der Waals surface area contributed by atoms with Gasteiger partial charge in [-0.1, -0.05) is 13.8 Å². The minimum absolute atomic E-state index is 0. The fourth-order valence-electron chi connectivity index (χ4n) is 1.79. The van der Waals surface area contributed by atoms with E-state index >= 15 is 0 Å². The van der Waals surface area contributed by atoms with Crippen LogP contribution in [0.15, 0.2) is 0 Å². The van der Waals surface area contributed by atoms with Gasteiger partial charge in [0.05, 0.1) is 39.6 Å². The first-order valence-electron chi connectivity index (χ1n) is 8.97. The van der Waals surface area contributed by atoms with Crippen molar-refractivity contribution in [1.29, 1.82) is 0 Å². The Balaban J connectivity index is -0.00000264. The molecule has 2 N–H and O–H groups in total. The van der Waals surface area contributed by atoms with Crippen LogP contribution in [0.25, 0.3) is 0 Å². The summed E-state index contributed by atoms with van der Waals surface area (Å²) in [6.07, 6.45) is 2.03. The molecule has 0 radical (unpaired) electrons. The van der Waals surface area contributed by atoms with Crippen LogP contribution in [-0.4, -0.2) is 77.9 Å². The highest BCUT2D eigenvalue weighted by atomic mass is 16.6. The van der Waals surface area contributed by atoms with Gasteiger partial charge in [-0.2, -0.15) is 0 Å². The Morgan fingerprint density at radius 1 is 0.875 bits per heavy atom. The summed E-state index contributed by atoms with van der Waals surface area (Å²) in [6, 6.07) is 0.511. The second-order valence-electron chi connectivity index (χ2n) is 5.64. The lowest BCUT2D eigenvalue weighted by Gasteiger charge is -2.09. The lowest BCUT2D eigenvalue weighted by molar-refractivity contribution is -0.126. The van der Waals surface area contributed by atoms with Gasteiger partial charge in [-0.25, -0.2) is 0 Å². The Hall–Kier alpha value is -0.730. The minimum atomic E-state index is -0.0777. The van der Waals surface area contributed by atoms with Gasteiger partial charge in [-0.05, 0) is 26.3 Å². The highest BCUT2D eigenvalue weighted by molar-refractivity contribution is 5.77. The summed E-state index contributed by atoms with van der Waals surface area (Å²) in [5.41, 5.74) is 0. The fraction of sp³-hybridized carbons (Fsp3) is 0.941. The van der Waals surface area contributed by atoms with E-state index in [1.165, 1.54) is 0 Å². The Kier molecular flexibility index (Phi) is 18.0. The normalized spacial score (nSPS) is 11.2. The predicted molar refractivity (Wildman–Crippen MR) is 98.6 cm³/mol. The van der Waals surface area contributed by atoms with Crippen LogP contribution < -0.4 is 10.6 Å². The number of unbranched alkanes of at least 4 members (excludes halogenated alkanes) is 1. The van der Waals surface area contributed by atoms with Crippen LogP contribution in [0, 0.1) is 0 Å². The fourth-order valence-corrected chi connectivity index (χ4v) is 1.79. The van der Waals surface area contributed by atoms with Gasteiger partial charge in [0.25, 0.3) is 0 Å². The number of nitrogens with one attached hydrogen (secondary N) is 2. The Labute approximate surface area is 149 Å². The van der Waals surface area contributed by atoms with Crippen molar-refractivity contribution in [3.8, 4) is 0 Å². The van der Waals surface area contributed by atoms with E-state index in [-0.39, 0.29) is 15.4 Å². The summed E-state index contributed by atoms with van der Waals surface area (Å²) in [6.45, 7) is 11.8. The molecule has 0 fully saturated rings. The monoisotopic (exact) mass is 352 g/mol. The van der Waals surface area contributed by atoms with Crippen molar-refractivity contribution in [2.45, 2.75) is 39.7 Å². The maximum atomic E-state index is 11.5. The highest BCUT2D eigenvalue weighted by Crippen LogP contribution is 1.87. The zero-order valence-electron chi connectivity index (χ0n) is 15.6. The predicted octanol–water partition coefficient (Wildman–Crippen LogP) is 1.46. The summed E-state index contributed by atoms with van der Waals surface area (Å²) in [4.78, 5) is 11.5. The van der Waals surface area contributed by atoms with E-state index in [0.717, 1.165) is 19.4 Å². The molecule has 148 valence electrons. The molecular weight excluding hydrogens is 312 g/mol. The van der Waals surface area contributed by atoms with Crippen LogP contribution in [0.1, 0.15) is 36.5 Å². The molecule has 0 unspecified atom stereocenters. The second-order valence-corrected chi connectivity index (χ2v) is 5.64. The van der Waals surface area contributed by atoms with Gasteiger partial charge in [-0.15, -0.1) is 0 Å². The molecule has 7 nitrogen and oxygen atoms in total. The zero-order chi connectivity index (χ0) is 17.9. The van der Waals surface area contributed by atoms with Crippen molar-refractivity contribution in [3.05, 3.63) is 0 Å². The molecule has 0 aromatic rings. The number of hydrogen-bond acceptors (Lipinski definition) is 6. The largest absolute Gasteiger partial charge is 0.379 e. The van der Waals surface area contributed by atoms with Crippen LogP contribution in [0.2, 0.25) is 0 Å². The third kappa shape index (κ3) is 19.3. The molecular formula is C17H40N2O5. The smallest absolute Gasteiger partial charge is 0.245 e. The third-order valence-electron chi connectivity index (χ3n) is 3.03. The van der Waals surface area contributed by atoms with Crippen molar-refractivity contribution >= 4 is 5.91 Å². The SMILES string of the molecule is CCOCCOCCOCCOCC(=O)NCCCCNC(C)C.[HH].[HH]. The number of carbonyl (C=O) groups is 1. The molecule has 0 aliphatic rings. The quantitative estimate of drug-likeness (QED) is 0.364. The lowest BCUT2D eigenvalue weighted by Crippen LogP contribution is -2.30. The van der Waals surface area contributed by atoms with Crippen molar-refractivity contribution in [3.63, 3.8) is 0 Å². The van der Waals surface area contributed by atoms with Crippen LogP contribution in [0.3, 0.4) is 0 Å². The van der Waals surface area contributed by atoms with Crippen LogP contribution in [0.4, 0.5) is 0 Å². The average Bonchev–Trinajstić information content (AvgIpc) is 2.55. The van der Waals surface area contributed by atoms with Gasteiger partial charge in [-0.3, -0.25) is 4.79 Å². The number of amides is 1. The minimum Gasteiger partial charge on any atom is -0.379 e. The summed E-state index contributed by atoms with van der Waals surface area (Å²) >= 11 is 0. The molecule has 0 saturated heterocycles. The molecule has 0 spiro atoms. The summed E-state index contributed by atoms with van der Waals surface area (Å²) in [7, 11) is 0. The van der Waals surface area contributed by atoms with Gasteiger partial charge < -0.3 is 29.6 Å². The molecule has 0 aliphatic heterocycles. The first-order chi connectivity index (χ1) is 11.7. The van der Waals surface area contributed by atoms with E-state index < -0.39 is 0 Å². The molecule has 0 aromatic heterocycles. The lowest BCUT2D eigenvalue weighted by atomic mass is 10.3. The van der Waals surface area contributed by atoms with Crippen molar-refractivity contribution < 1.29 is 26.6 Å². The third-order valence-corrected chi connectivity index (χ3v) is 3.03. The molecule has 0 aromatic carbocycles. The summed E-state index contributed by atoms with van der Waals surface area (Å²) in [5.74, 6) is -0.0777. The van der Waals surface area contributed by atoms with E-state index in [1.807, 2.05) is 6.92 Å². The topological polar surface area (TPSA) is 78.0 Å². The standard InChI is InChI=1S/C17H36N2O5.2H2/c1-4-21-9-10-22-11-12-23-13-14-24-15-17(20)19-8-6-5-7-18-16(2)3;;/h16,18H,4-15H2,1-3H3,(H,19,20);2*1H. The number of carbonyl (C=O) groups excluding carboxylic acids is 1.